The summed E-state index contributed by atoms with van der Waals surface area (Å²) in [4.78, 5) is 0. The van der Waals surface area contributed by atoms with Gasteiger partial charge >= 0.3 is 0 Å². The van der Waals surface area contributed by atoms with Crippen molar-refractivity contribution in [3.8, 4) is 22.5 Å². The molecule has 0 saturated heterocycles. The maximum Gasteiger partial charge on any atom is 0.160 e. The molecule has 0 aliphatic rings. The van der Waals surface area contributed by atoms with Gasteiger partial charge in [-0.3, -0.25) is 0 Å². The lowest BCUT2D eigenvalue weighted by Gasteiger charge is -2.10. The van der Waals surface area contributed by atoms with Crippen LogP contribution in [-0.2, 0) is 0 Å². The van der Waals surface area contributed by atoms with E-state index in [1.807, 2.05) is 17.4 Å². The van der Waals surface area contributed by atoms with Gasteiger partial charge < -0.3 is 13.6 Å². The van der Waals surface area contributed by atoms with Crippen LogP contribution in [0.15, 0.2) is 174 Å². The third kappa shape index (κ3) is 3.84. The van der Waals surface area contributed by atoms with E-state index < -0.39 is 0 Å². The maximum atomic E-state index is 6.63. The molecular weight excluding hydrogens is 653 g/mol. The predicted octanol–water partition coefficient (Wildman–Crippen LogP) is 13.8. The normalized spacial score (nSPS) is 12.2. The van der Waals surface area contributed by atoms with Gasteiger partial charge in [0.1, 0.15) is 5.58 Å². The van der Waals surface area contributed by atoms with Gasteiger partial charge in [0.15, 0.2) is 5.58 Å². The molecule has 12 aromatic rings. The lowest BCUT2D eigenvalue weighted by molar-refractivity contribution is 0.671. The second-order valence-corrected chi connectivity index (χ2v) is 14.8. The second-order valence-electron chi connectivity index (χ2n) is 13.7. The summed E-state index contributed by atoms with van der Waals surface area (Å²) in [6, 6.07) is 61.7. The Bertz CT molecular complexity index is 3400. The molecule has 0 bridgehead atoms. The number of aromatic nitrogens is 2. The third-order valence-corrected chi connectivity index (χ3v) is 12.0. The van der Waals surface area contributed by atoms with Crippen LogP contribution >= 0.6 is 11.3 Å². The van der Waals surface area contributed by atoms with Gasteiger partial charge in [-0.2, -0.15) is 0 Å². The van der Waals surface area contributed by atoms with Crippen molar-refractivity contribution in [3.05, 3.63) is 170 Å². The third-order valence-electron chi connectivity index (χ3n) is 10.9. The average molecular weight is 681 g/mol. The number of fused-ring (bicyclic) bond motifs is 13. The maximum absolute atomic E-state index is 6.63. The van der Waals surface area contributed by atoms with E-state index in [1.165, 1.54) is 69.6 Å². The Balaban J connectivity index is 1.14. The van der Waals surface area contributed by atoms with Crippen LogP contribution in [0.3, 0.4) is 0 Å². The molecule has 0 fully saturated rings. The first-order valence-electron chi connectivity index (χ1n) is 17.7. The first kappa shape index (κ1) is 28.1. The van der Waals surface area contributed by atoms with E-state index in [4.69, 9.17) is 4.42 Å². The highest BCUT2D eigenvalue weighted by molar-refractivity contribution is 7.25. The van der Waals surface area contributed by atoms with Crippen molar-refractivity contribution >= 4 is 97.1 Å². The minimum Gasteiger partial charge on any atom is -0.454 e. The molecule has 4 heteroatoms. The number of rotatable bonds is 3. The Hall–Kier alpha value is -6.62. The van der Waals surface area contributed by atoms with Crippen molar-refractivity contribution in [2.75, 3.05) is 0 Å². The fourth-order valence-electron chi connectivity index (χ4n) is 8.58. The number of para-hydroxylation sites is 3. The van der Waals surface area contributed by atoms with E-state index in [9.17, 15) is 0 Å². The smallest absolute Gasteiger partial charge is 0.160 e. The number of hydrogen-bond acceptors (Lipinski definition) is 2. The van der Waals surface area contributed by atoms with Crippen LogP contribution in [-0.4, -0.2) is 9.13 Å². The summed E-state index contributed by atoms with van der Waals surface area (Å²) in [6.07, 6.45) is 0. The van der Waals surface area contributed by atoms with Crippen LogP contribution in [0.2, 0.25) is 0 Å². The van der Waals surface area contributed by atoms with Crippen molar-refractivity contribution in [1.82, 2.24) is 9.13 Å². The number of furan rings is 1. The molecule has 8 aromatic carbocycles. The SMILES string of the molecule is c1ccc(-n2c3ccc(-c4ccc5c6ccc7c8ccccc8oc7c6n(-c6ccccc6)c5c4)cc3c3cc4c(cc32)sc2ccccc24)cc1. The van der Waals surface area contributed by atoms with Gasteiger partial charge in [0.2, 0.25) is 0 Å². The molecule has 0 radical (unpaired) electrons. The van der Waals surface area contributed by atoms with Crippen molar-refractivity contribution in [2.45, 2.75) is 0 Å². The van der Waals surface area contributed by atoms with Gasteiger partial charge in [-0.15, -0.1) is 11.3 Å². The van der Waals surface area contributed by atoms with E-state index in [2.05, 4.69) is 173 Å². The Labute approximate surface area is 301 Å². The largest absolute Gasteiger partial charge is 0.454 e. The van der Waals surface area contributed by atoms with Gasteiger partial charge in [-0.25, -0.2) is 0 Å². The first-order valence-corrected chi connectivity index (χ1v) is 18.5. The highest BCUT2D eigenvalue weighted by Crippen LogP contribution is 2.44. The van der Waals surface area contributed by atoms with Crippen LogP contribution in [0.1, 0.15) is 0 Å². The van der Waals surface area contributed by atoms with Crippen molar-refractivity contribution < 1.29 is 4.42 Å². The Morgan fingerprint density at radius 3 is 1.85 bits per heavy atom. The Kier molecular flexibility index (Phi) is 5.65. The van der Waals surface area contributed by atoms with Gasteiger partial charge in [-0.1, -0.05) is 97.1 Å². The number of benzene rings is 8. The molecule has 0 N–H and O–H groups in total. The molecule has 0 aliphatic heterocycles. The zero-order chi connectivity index (χ0) is 33.9. The van der Waals surface area contributed by atoms with Crippen LogP contribution in [0.5, 0.6) is 0 Å². The molecule has 4 heterocycles. The minimum absolute atomic E-state index is 0.909. The van der Waals surface area contributed by atoms with E-state index in [0.717, 1.165) is 38.7 Å². The second kappa shape index (κ2) is 10.5. The fraction of sp³-hybridized carbons (Fsp3) is 0. The van der Waals surface area contributed by atoms with Crippen molar-refractivity contribution in [1.29, 1.82) is 0 Å². The number of thiophene rings is 1. The van der Waals surface area contributed by atoms with Crippen molar-refractivity contribution in [2.24, 2.45) is 0 Å². The zero-order valence-electron chi connectivity index (χ0n) is 27.9. The fourth-order valence-corrected chi connectivity index (χ4v) is 9.70. The van der Waals surface area contributed by atoms with E-state index in [0.29, 0.717) is 0 Å². The summed E-state index contributed by atoms with van der Waals surface area (Å²) in [6.45, 7) is 0. The number of hydrogen-bond donors (Lipinski definition) is 0. The predicted molar refractivity (Wildman–Crippen MR) is 221 cm³/mol. The Morgan fingerprint density at radius 1 is 0.365 bits per heavy atom. The highest BCUT2D eigenvalue weighted by Gasteiger charge is 2.21. The summed E-state index contributed by atoms with van der Waals surface area (Å²) in [5.41, 5.74) is 11.2. The van der Waals surface area contributed by atoms with Gasteiger partial charge in [-0.05, 0) is 83.9 Å². The number of nitrogens with zero attached hydrogens (tertiary/aromatic N) is 2. The van der Waals surface area contributed by atoms with E-state index in [1.54, 1.807) is 0 Å². The molecule has 52 heavy (non-hydrogen) atoms. The zero-order valence-corrected chi connectivity index (χ0v) is 28.7. The van der Waals surface area contributed by atoms with Gasteiger partial charge in [0.05, 0.1) is 22.1 Å². The summed E-state index contributed by atoms with van der Waals surface area (Å²) >= 11 is 1.87. The summed E-state index contributed by atoms with van der Waals surface area (Å²) in [5.74, 6) is 0. The molecule has 4 aromatic heterocycles. The van der Waals surface area contributed by atoms with Crippen LogP contribution in [0, 0.1) is 0 Å². The monoisotopic (exact) mass is 680 g/mol. The topological polar surface area (TPSA) is 23.0 Å². The highest BCUT2D eigenvalue weighted by atomic mass is 32.1. The van der Waals surface area contributed by atoms with E-state index in [-0.39, 0.29) is 0 Å². The van der Waals surface area contributed by atoms with Crippen LogP contribution < -0.4 is 0 Å². The molecular formula is C48H28N2OS. The molecule has 0 amide bonds. The van der Waals surface area contributed by atoms with Crippen LogP contribution in [0.4, 0.5) is 0 Å². The summed E-state index contributed by atoms with van der Waals surface area (Å²) in [7, 11) is 0. The minimum atomic E-state index is 0.909. The lowest BCUT2D eigenvalue weighted by atomic mass is 10.0. The summed E-state index contributed by atoms with van der Waals surface area (Å²) in [5, 5.41) is 9.82. The molecule has 3 nitrogen and oxygen atoms in total. The Morgan fingerprint density at radius 2 is 1.00 bits per heavy atom. The van der Waals surface area contributed by atoms with Gasteiger partial charge in [0, 0.05) is 63.9 Å². The molecule has 242 valence electrons. The molecule has 12 rings (SSSR count). The summed E-state index contributed by atoms with van der Waals surface area (Å²) < 4.78 is 14.1. The quantitative estimate of drug-likeness (QED) is 0.182. The molecule has 0 saturated carbocycles. The first-order chi connectivity index (χ1) is 25.8. The molecule has 0 unspecified atom stereocenters. The lowest BCUT2D eigenvalue weighted by Crippen LogP contribution is -1.94. The van der Waals surface area contributed by atoms with Crippen LogP contribution in [0.25, 0.3) is 108 Å². The van der Waals surface area contributed by atoms with E-state index >= 15 is 0 Å². The average Bonchev–Trinajstić information content (AvgIpc) is 3.94. The molecule has 0 spiro atoms. The van der Waals surface area contributed by atoms with Crippen molar-refractivity contribution in [3.63, 3.8) is 0 Å². The standard InChI is InChI=1S/C48H28N2OS/c1-3-11-31(12-4-1)49-41-24-20-29(25-38(41)39-27-40-35-16-8-10-18-45(35)52-46(40)28-43(39)49)30-19-21-33-36-22-23-37-34-15-7-9-17-44(34)51-48(37)47(36)50(42(33)26-30)32-13-5-2-6-14-32/h1-28H. The van der Waals surface area contributed by atoms with Gasteiger partial charge in [0.25, 0.3) is 0 Å². The molecule has 0 atom stereocenters. The molecule has 0 aliphatic carbocycles.